The van der Waals surface area contributed by atoms with Gasteiger partial charge in [0.05, 0.1) is 4.47 Å². The molecule has 0 radical (unpaired) electrons. The lowest BCUT2D eigenvalue weighted by Crippen LogP contribution is -2.25. The Hall–Kier alpha value is -0.0600. The summed E-state index contributed by atoms with van der Waals surface area (Å²) in [6, 6.07) is 5.39. The topological polar surface area (TPSA) is 12.0 Å². The second-order valence-corrected chi connectivity index (χ2v) is 5.98. The molecule has 90 valence electrons. The van der Waals surface area contributed by atoms with Crippen LogP contribution in [0.2, 0.25) is 0 Å². The van der Waals surface area contributed by atoms with E-state index in [-0.39, 0.29) is 11.9 Å². The summed E-state index contributed by atoms with van der Waals surface area (Å²) in [5, 5.41) is 4.02. The van der Waals surface area contributed by atoms with Gasteiger partial charge in [-0.25, -0.2) is 4.39 Å². The largest absolute Gasteiger partial charge is 0.309 e. The van der Waals surface area contributed by atoms with Crippen molar-refractivity contribution in [2.75, 3.05) is 12.8 Å². The van der Waals surface area contributed by atoms with Gasteiger partial charge in [0.1, 0.15) is 5.82 Å². The summed E-state index contributed by atoms with van der Waals surface area (Å²) < 4.78 is 13.6. The van der Waals surface area contributed by atoms with Crippen LogP contribution in [0.3, 0.4) is 0 Å². The van der Waals surface area contributed by atoms with Gasteiger partial charge in [-0.3, -0.25) is 0 Å². The molecule has 0 aliphatic heterocycles. The van der Waals surface area contributed by atoms with E-state index in [0.717, 1.165) is 12.1 Å². The van der Waals surface area contributed by atoms with Crippen LogP contribution in [0, 0.1) is 5.82 Å². The van der Waals surface area contributed by atoms with E-state index < -0.39 is 0 Å². The van der Waals surface area contributed by atoms with E-state index >= 15 is 0 Å². The summed E-state index contributed by atoms with van der Waals surface area (Å²) >= 11 is 5.04. The van der Waals surface area contributed by atoms with E-state index in [1.165, 1.54) is 6.07 Å². The highest BCUT2D eigenvalue weighted by Gasteiger charge is 2.08. The lowest BCUT2D eigenvalue weighted by molar-refractivity contribution is 0.571. The zero-order valence-corrected chi connectivity index (χ0v) is 12.2. The highest BCUT2D eigenvalue weighted by Crippen LogP contribution is 2.21. The van der Waals surface area contributed by atoms with Crippen LogP contribution in [0.5, 0.6) is 0 Å². The van der Waals surface area contributed by atoms with Gasteiger partial charge < -0.3 is 5.32 Å². The minimum absolute atomic E-state index is 0.214. The molecule has 0 bridgehead atoms. The highest BCUT2D eigenvalue weighted by atomic mass is 79.9. The van der Waals surface area contributed by atoms with E-state index in [2.05, 4.69) is 41.3 Å². The number of nitrogens with one attached hydrogen (secondary N) is 1. The molecule has 0 saturated heterocycles. The third-order valence-corrected chi connectivity index (χ3v) is 4.14. The molecule has 1 N–H and O–H groups in total. The van der Waals surface area contributed by atoms with Crippen molar-refractivity contribution in [3.8, 4) is 0 Å². The molecular formula is C12H17BrFNS. The smallest absolute Gasteiger partial charge is 0.137 e. The molecule has 1 rings (SSSR count). The van der Waals surface area contributed by atoms with Crippen LogP contribution in [0.1, 0.15) is 25.5 Å². The number of benzene rings is 1. The Bertz CT molecular complexity index is 346. The van der Waals surface area contributed by atoms with Gasteiger partial charge >= 0.3 is 0 Å². The number of hydrogen-bond acceptors (Lipinski definition) is 2. The summed E-state index contributed by atoms with van der Waals surface area (Å²) in [5.74, 6) is -0.214. The average molecular weight is 306 g/mol. The van der Waals surface area contributed by atoms with Crippen molar-refractivity contribution in [3.63, 3.8) is 0 Å². The summed E-state index contributed by atoms with van der Waals surface area (Å²) in [6.45, 7) is 5.23. The second-order valence-electron chi connectivity index (χ2n) is 3.85. The minimum Gasteiger partial charge on any atom is -0.309 e. The van der Waals surface area contributed by atoms with Gasteiger partial charge in [0.15, 0.2) is 0 Å². The fourth-order valence-electron chi connectivity index (χ4n) is 1.33. The van der Waals surface area contributed by atoms with E-state index in [4.69, 9.17) is 0 Å². The van der Waals surface area contributed by atoms with E-state index in [1.807, 2.05) is 23.9 Å². The zero-order valence-electron chi connectivity index (χ0n) is 9.76. The van der Waals surface area contributed by atoms with Gasteiger partial charge in [-0.1, -0.05) is 13.0 Å². The van der Waals surface area contributed by atoms with Crippen molar-refractivity contribution in [1.82, 2.24) is 5.32 Å². The monoisotopic (exact) mass is 305 g/mol. The summed E-state index contributed by atoms with van der Waals surface area (Å²) in [4.78, 5) is 0. The van der Waals surface area contributed by atoms with Crippen LogP contribution in [-0.4, -0.2) is 18.1 Å². The van der Waals surface area contributed by atoms with Crippen LogP contribution in [0.25, 0.3) is 0 Å². The molecular weight excluding hydrogens is 289 g/mol. The molecule has 0 aliphatic carbocycles. The maximum atomic E-state index is 13.1. The van der Waals surface area contributed by atoms with Gasteiger partial charge in [0, 0.05) is 17.8 Å². The summed E-state index contributed by atoms with van der Waals surface area (Å²) in [6.07, 6.45) is 2.10. The van der Waals surface area contributed by atoms with E-state index in [1.54, 1.807) is 0 Å². The van der Waals surface area contributed by atoms with Gasteiger partial charge in [-0.05, 0) is 46.8 Å². The molecule has 0 aliphatic rings. The average Bonchev–Trinajstić information content (AvgIpc) is 2.29. The maximum Gasteiger partial charge on any atom is 0.137 e. The fourth-order valence-corrected chi connectivity index (χ4v) is 1.99. The van der Waals surface area contributed by atoms with E-state index in [9.17, 15) is 4.39 Å². The second kappa shape index (κ2) is 6.62. The van der Waals surface area contributed by atoms with Gasteiger partial charge in [0.25, 0.3) is 0 Å². The van der Waals surface area contributed by atoms with Crippen LogP contribution in [-0.2, 0) is 0 Å². The Morgan fingerprint density at radius 2 is 2.12 bits per heavy atom. The molecule has 16 heavy (non-hydrogen) atoms. The lowest BCUT2D eigenvalue weighted by Gasteiger charge is -2.17. The molecule has 0 saturated carbocycles. The number of halogens is 2. The zero-order chi connectivity index (χ0) is 12.1. The van der Waals surface area contributed by atoms with Crippen LogP contribution >= 0.6 is 27.7 Å². The lowest BCUT2D eigenvalue weighted by atomic mass is 10.1. The third kappa shape index (κ3) is 4.07. The first kappa shape index (κ1) is 14.0. The Morgan fingerprint density at radius 1 is 1.44 bits per heavy atom. The number of hydrogen-bond donors (Lipinski definition) is 1. The SMILES string of the molecule is CS[C@@H](C)CN[C@H](C)c1ccc(F)c(Br)c1. The molecule has 0 fully saturated rings. The number of rotatable bonds is 5. The Balaban J connectivity index is 2.59. The van der Waals surface area contributed by atoms with Crippen molar-refractivity contribution in [2.24, 2.45) is 0 Å². The Kier molecular flexibility index (Phi) is 5.79. The van der Waals surface area contributed by atoms with Crippen LogP contribution in [0.4, 0.5) is 4.39 Å². The first-order chi connectivity index (χ1) is 7.54. The van der Waals surface area contributed by atoms with E-state index in [0.29, 0.717) is 9.72 Å². The molecule has 4 heteroatoms. The Labute approximate surface area is 109 Å². The molecule has 2 atom stereocenters. The van der Waals surface area contributed by atoms with Crippen molar-refractivity contribution < 1.29 is 4.39 Å². The first-order valence-electron chi connectivity index (χ1n) is 5.25. The van der Waals surface area contributed by atoms with Gasteiger partial charge in [0.2, 0.25) is 0 Å². The normalized spacial score (nSPS) is 14.8. The molecule has 1 aromatic carbocycles. The predicted molar refractivity (Wildman–Crippen MR) is 73.5 cm³/mol. The molecule has 0 amide bonds. The van der Waals surface area contributed by atoms with Gasteiger partial charge in [-0.15, -0.1) is 0 Å². The van der Waals surface area contributed by atoms with Crippen LogP contribution in [0.15, 0.2) is 22.7 Å². The summed E-state index contributed by atoms with van der Waals surface area (Å²) in [7, 11) is 0. The number of thioether (sulfide) groups is 1. The molecule has 0 spiro atoms. The first-order valence-corrected chi connectivity index (χ1v) is 7.33. The van der Waals surface area contributed by atoms with Crippen LogP contribution < -0.4 is 5.32 Å². The fraction of sp³-hybridized carbons (Fsp3) is 0.500. The maximum absolute atomic E-state index is 13.1. The molecule has 1 aromatic rings. The van der Waals surface area contributed by atoms with Crippen molar-refractivity contribution in [2.45, 2.75) is 25.1 Å². The highest BCUT2D eigenvalue weighted by molar-refractivity contribution is 9.10. The standard InChI is InChI=1S/C12H17BrFNS/c1-8(16-3)7-15-9(2)10-4-5-12(14)11(13)6-10/h4-6,8-9,15H,7H2,1-3H3/t8-,9+/m0/s1. The molecule has 0 heterocycles. The summed E-state index contributed by atoms with van der Waals surface area (Å²) in [5.41, 5.74) is 1.10. The van der Waals surface area contributed by atoms with Gasteiger partial charge in [-0.2, -0.15) is 11.8 Å². The molecule has 0 unspecified atom stereocenters. The van der Waals surface area contributed by atoms with Crippen molar-refractivity contribution in [3.05, 3.63) is 34.1 Å². The van der Waals surface area contributed by atoms with Crippen molar-refractivity contribution >= 4 is 27.7 Å². The predicted octanol–water partition coefficient (Wildman–Crippen LogP) is 3.99. The minimum atomic E-state index is -0.214. The quantitative estimate of drug-likeness (QED) is 0.883. The third-order valence-electron chi connectivity index (χ3n) is 2.56. The molecule has 1 nitrogen and oxygen atoms in total. The molecule has 0 aromatic heterocycles. The van der Waals surface area contributed by atoms with Crippen molar-refractivity contribution in [1.29, 1.82) is 0 Å². The Morgan fingerprint density at radius 3 is 2.69 bits per heavy atom.